The summed E-state index contributed by atoms with van der Waals surface area (Å²) in [5.74, 6) is 2.46. The number of carbonyl (C=O) groups excluding carboxylic acids is 1. The number of ketones is 1. The van der Waals surface area contributed by atoms with Crippen molar-refractivity contribution in [3.05, 3.63) is 47.2 Å². The van der Waals surface area contributed by atoms with Gasteiger partial charge in [0.15, 0.2) is 0 Å². The Morgan fingerprint density at radius 3 is 2.40 bits per heavy atom. The van der Waals surface area contributed by atoms with Gasteiger partial charge in [-0.15, -0.1) is 0 Å². The van der Waals surface area contributed by atoms with Gasteiger partial charge in [-0.25, -0.2) is 0 Å². The zero-order chi connectivity index (χ0) is 14.8. The van der Waals surface area contributed by atoms with Crippen molar-refractivity contribution < 1.29 is 8.54 Å². The normalized spacial score (nSPS) is 16.6. The SMILES string of the molecule is CCC(C)C1=CC(c2ccc(C(C)(C)C)cc2)=[O+][SiH-]O1. The molecule has 0 spiro atoms. The van der Waals surface area contributed by atoms with Crippen molar-refractivity contribution >= 4 is 15.8 Å². The molecular formula is C17H24O2Si. The van der Waals surface area contributed by atoms with Gasteiger partial charge in [0.25, 0.3) is 5.78 Å². The molecule has 1 unspecified atom stereocenters. The van der Waals surface area contributed by atoms with Crippen molar-refractivity contribution in [2.24, 2.45) is 5.92 Å². The van der Waals surface area contributed by atoms with Gasteiger partial charge in [-0.05, 0) is 29.5 Å². The van der Waals surface area contributed by atoms with Gasteiger partial charge in [0.05, 0.1) is 17.4 Å². The third-order valence-electron chi connectivity index (χ3n) is 3.77. The van der Waals surface area contributed by atoms with Gasteiger partial charge in [-0.1, -0.05) is 46.8 Å². The molecule has 0 fully saturated rings. The van der Waals surface area contributed by atoms with E-state index < -0.39 is 10.0 Å². The van der Waals surface area contributed by atoms with E-state index in [2.05, 4.69) is 65.0 Å². The van der Waals surface area contributed by atoms with E-state index in [-0.39, 0.29) is 5.41 Å². The molecule has 0 aliphatic carbocycles. The topological polar surface area (TPSA) is 20.5 Å². The highest BCUT2D eigenvalue weighted by atomic mass is 28.2. The lowest BCUT2D eigenvalue weighted by molar-refractivity contribution is -0.108. The third kappa shape index (κ3) is 3.40. The molecule has 20 heavy (non-hydrogen) atoms. The highest BCUT2D eigenvalue weighted by Gasteiger charge is 2.19. The molecule has 1 aromatic rings. The van der Waals surface area contributed by atoms with Crippen LogP contribution in [0.15, 0.2) is 36.1 Å². The molecule has 0 radical (unpaired) electrons. The predicted molar refractivity (Wildman–Crippen MR) is 85.2 cm³/mol. The summed E-state index contributed by atoms with van der Waals surface area (Å²) in [6.07, 6.45) is 3.14. The molecule has 1 aliphatic heterocycles. The second kappa shape index (κ2) is 5.96. The van der Waals surface area contributed by atoms with Crippen molar-refractivity contribution in [3.8, 4) is 0 Å². The number of hydrogen-bond acceptors (Lipinski definition) is 1. The summed E-state index contributed by atoms with van der Waals surface area (Å²) in [4.78, 5) is 0. The van der Waals surface area contributed by atoms with Crippen molar-refractivity contribution in [3.63, 3.8) is 0 Å². The molecule has 0 bridgehead atoms. The molecule has 108 valence electrons. The fourth-order valence-corrected chi connectivity index (χ4v) is 2.84. The first-order valence-electron chi connectivity index (χ1n) is 7.26. The molecule has 0 saturated heterocycles. The zero-order valence-corrected chi connectivity index (χ0v) is 14.2. The van der Waals surface area contributed by atoms with Gasteiger partial charge < -0.3 is 8.54 Å². The van der Waals surface area contributed by atoms with Crippen molar-refractivity contribution in [1.82, 2.24) is 0 Å². The van der Waals surface area contributed by atoms with Crippen LogP contribution in [0.5, 0.6) is 0 Å². The average molecular weight is 288 g/mol. The summed E-state index contributed by atoms with van der Waals surface area (Å²) in [7, 11) is -0.430. The summed E-state index contributed by atoms with van der Waals surface area (Å²) in [5, 5.41) is 0. The summed E-state index contributed by atoms with van der Waals surface area (Å²) < 4.78 is 11.4. The number of allylic oxidation sites excluding steroid dienone is 2. The minimum Gasteiger partial charge on any atom is -0.621 e. The summed E-state index contributed by atoms with van der Waals surface area (Å²) in [5.41, 5.74) is 2.66. The van der Waals surface area contributed by atoms with Crippen LogP contribution in [-0.4, -0.2) is 15.8 Å². The van der Waals surface area contributed by atoms with Gasteiger partial charge in [-0.3, -0.25) is 0 Å². The van der Waals surface area contributed by atoms with Gasteiger partial charge in [0.2, 0.25) is 0 Å². The molecule has 1 aromatic carbocycles. The quantitative estimate of drug-likeness (QED) is 0.609. The van der Waals surface area contributed by atoms with Gasteiger partial charge in [0.1, 0.15) is 0 Å². The lowest BCUT2D eigenvalue weighted by Gasteiger charge is -2.21. The number of benzene rings is 1. The number of hydrogen-bond donors (Lipinski definition) is 0. The first kappa shape index (κ1) is 15.0. The molecule has 1 aliphatic rings. The maximum Gasteiger partial charge on any atom is 0.440 e. The summed E-state index contributed by atoms with van der Waals surface area (Å²) >= 11 is 0. The Labute approximate surface area is 124 Å². The third-order valence-corrected chi connectivity index (χ3v) is 4.48. The van der Waals surface area contributed by atoms with E-state index in [0.29, 0.717) is 5.92 Å². The lowest BCUT2D eigenvalue weighted by Crippen LogP contribution is -2.16. The molecule has 3 heteroatoms. The van der Waals surface area contributed by atoms with E-state index in [4.69, 9.17) is 8.54 Å². The molecule has 0 saturated carbocycles. The first-order chi connectivity index (χ1) is 9.41. The molecular weight excluding hydrogens is 264 g/mol. The largest absolute Gasteiger partial charge is 0.621 e. The van der Waals surface area contributed by atoms with E-state index in [1.165, 1.54) is 5.56 Å². The van der Waals surface area contributed by atoms with Crippen LogP contribution >= 0.6 is 0 Å². The predicted octanol–water partition coefficient (Wildman–Crippen LogP) is 3.93. The van der Waals surface area contributed by atoms with E-state index in [1.54, 1.807) is 0 Å². The Hall–Kier alpha value is -1.35. The minimum atomic E-state index is -0.430. The van der Waals surface area contributed by atoms with Crippen LogP contribution in [0, 0.1) is 5.92 Å². The molecule has 0 N–H and O–H groups in total. The number of rotatable bonds is 3. The smallest absolute Gasteiger partial charge is 0.440 e. The monoisotopic (exact) mass is 288 g/mol. The maximum atomic E-state index is 5.72. The fourth-order valence-electron chi connectivity index (χ4n) is 2.07. The second-order valence-corrected chi connectivity index (χ2v) is 7.04. The van der Waals surface area contributed by atoms with Crippen LogP contribution in [-0.2, 0) is 9.84 Å². The van der Waals surface area contributed by atoms with Crippen molar-refractivity contribution in [2.45, 2.75) is 46.5 Å². The molecule has 2 rings (SSSR count). The van der Waals surface area contributed by atoms with E-state index in [9.17, 15) is 0 Å². The lowest BCUT2D eigenvalue weighted by atomic mass is 9.86. The van der Waals surface area contributed by atoms with Crippen LogP contribution < -0.4 is 0 Å². The standard InChI is InChI=1S/C17H24O2Si/c1-6-12(2)15-11-16(19-20-18-15)13-7-9-14(10-8-13)17(3,4)5/h7-12,20H,6H2,1-5H3. The van der Waals surface area contributed by atoms with Gasteiger partial charge in [0, 0.05) is 5.92 Å². The van der Waals surface area contributed by atoms with Gasteiger partial charge in [-0.2, -0.15) is 0 Å². The highest BCUT2D eigenvalue weighted by molar-refractivity contribution is 6.22. The first-order valence-corrected chi connectivity index (χ1v) is 8.20. The minimum absolute atomic E-state index is 0.183. The highest BCUT2D eigenvalue weighted by Crippen LogP contribution is 2.24. The van der Waals surface area contributed by atoms with E-state index in [0.717, 1.165) is 23.5 Å². The van der Waals surface area contributed by atoms with Crippen molar-refractivity contribution in [1.29, 1.82) is 0 Å². The molecule has 2 nitrogen and oxygen atoms in total. The molecule has 0 amide bonds. The second-order valence-electron chi connectivity index (χ2n) is 6.38. The van der Waals surface area contributed by atoms with Gasteiger partial charge >= 0.3 is 10.0 Å². The molecule has 0 aromatic heterocycles. The Morgan fingerprint density at radius 1 is 1.20 bits per heavy atom. The van der Waals surface area contributed by atoms with E-state index >= 15 is 0 Å². The van der Waals surface area contributed by atoms with Crippen LogP contribution in [0.25, 0.3) is 0 Å². The Bertz CT molecular complexity index is 521. The van der Waals surface area contributed by atoms with Crippen LogP contribution in [0.4, 0.5) is 0 Å². The zero-order valence-electron chi connectivity index (χ0n) is 13.1. The average Bonchev–Trinajstić information content (AvgIpc) is 2.46. The van der Waals surface area contributed by atoms with Crippen LogP contribution in [0.2, 0.25) is 0 Å². The van der Waals surface area contributed by atoms with Crippen LogP contribution in [0.3, 0.4) is 0 Å². The molecule has 1 atom stereocenters. The Morgan fingerprint density at radius 2 is 1.85 bits per heavy atom. The maximum absolute atomic E-state index is 5.72. The Balaban J connectivity index is 2.24. The van der Waals surface area contributed by atoms with Crippen LogP contribution in [0.1, 0.15) is 56.3 Å². The fraction of sp³-hybridized carbons (Fsp3) is 0.471. The summed E-state index contributed by atoms with van der Waals surface area (Å²) in [6.45, 7) is 11.1. The van der Waals surface area contributed by atoms with E-state index in [1.807, 2.05) is 0 Å². The van der Waals surface area contributed by atoms with Crippen molar-refractivity contribution in [2.75, 3.05) is 0 Å². The molecule has 1 heterocycles. The summed E-state index contributed by atoms with van der Waals surface area (Å²) in [6, 6.07) is 8.66. The Kier molecular flexibility index (Phi) is 4.48.